The van der Waals surface area contributed by atoms with Gasteiger partial charge in [0.15, 0.2) is 0 Å². The second kappa shape index (κ2) is 28.3. The summed E-state index contributed by atoms with van der Waals surface area (Å²) in [5.74, 6) is 0. The summed E-state index contributed by atoms with van der Waals surface area (Å²) in [5, 5.41) is 14.3. The Morgan fingerprint density at radius 3 is 2.00 bits per heavy atom. The molecule has 0 atom stereocenters. The molecule has 0 aromatic heterocycles. The molecule has 0 aliphatic rings. The van der Waals surface area contributed by atoms with Gasteiger partial charge in [0.2, 0.25) is 0 Å². The predicted molar refractivity (Wildman–Crippen MR) is 28.9 cm³/mol. The highest BCUT2D eigenvalue weighted by atomic mass is 32.1. The topological polar surface area (TPSA) is 72.2 Å². The molecule has 6 heavy (non-hydrogen) atoms. The molecule has 34 valence electrons. The van der Waals surface area contributed by atoms with Gasteiger partial charge in [0.05, 0.1) is 6.34 Å². The smallest absolute Gasteiger partial charge is 0.0765 e. The van der Waals surface area contributed by atoms with Gasteiger partial charge >= 0.3 is 0 Å². The van der Waals surface area contributed by atoms with Gasteiger partial charge in [-0.15, -0.1) is 0 Å². The minimum Gasteiger partial charge on any atom is -0.753 e. The van der Waals surface area contributed by atoms with Gasteiger partial charge < -0.3 is 11.1 Å². The first-order chi connectivity index (χ1) is 2.83. The second-order valence-corrected chi connectivity index (χ2v) is 0.441. The fourth-order valence-corrected chi connectivity index (χ4v) is 0. The molecular weight excluding hydrogens is 98.1 g/mol. The number of nitrogens with one attached hydrogen (secondary N) is 1. The predicted octanol–water partition coefficient (Wildman–Crippen LogP) is 0.211. The first-order valence-electron chi connectivity index (χ1n) is 1.05. The summed E-state index contributed by atoms with van der Waals surface area (Å²) in [7, 11) is 0. The fourth-order valence-electron chi connectivity index (χ4n) is 0. The third-order valence-corrected chi connectivity index (χ3v) is 0. The molecule has 0 saturated carbocycles. The van der Waals surface area contributed by atoms with Crippen LogP contribution in [0.5, 0.6) is 0 Å². The Morgan fingerprint density at radius 2 is 2.00 bits per heavy atom. The van der Waals surface area contributed by atoms with Crippen LogP contribution in [0.2, 0.25) is 0 Å². The first-order valence-corrected chi connectivity index (χ1v) is 1.46. The van der Waals surface area contributed by atoms with E-state index in [0.717, 1.165) is 6.34 Å². The van der Waals surface area contributed by atoms with Crippen molar-refractivity contribution in [2.24, 2.45) is 5.73 Å². The number of hydrogen-bond acceptors (Lipinski definition) is 2. The largest absolute Gasteiger partial charge is 0.753 e. The molecule has 0 heterocycles. The van der Waals surface area contributed by atoms with E-state index in [1.807, 2.05) is 0 Å². The molecule has 0 rings (SSSR count). The van der Waals surface area contributed by atoms with Gasteiger partial charge in [0, 0.05) is 0 Å². The fraction of sp³-hybridized carbons (Fsp3) is 0. The average molecular weight is 102 g/mol. The maximum Gasteiger partial charge on any atom is 0.0765 e. The van der Waals surface area contributed by atoms with E-state index in [2.05, 4.69) is 18.0 Å². The van der Waals surface area contributed by atoms with E-state index in [4.69, 9.17) is 10.8 Å². The van der Waals surface area contributed by atoms with Crippen molar-refractivity contribution in [3.8, 4) is 0 Å². The Hall–Kier alpha value is -0.730. The highest BCUT2D eigenvalue weighted by molar-refractivity contribution is 7.78. The van der Waals surface area contributed by atoms with E-state index in [-0.39, 0.29) is 0 Å². The lowest BCUT2D eigenvalue weighted by atomic mass is 11.4. The van der Waals surface area contributed by atoms with E-state index in [1.54, 1.807) is 0 Å². The van der Waals surface area contributed by atoms with Gasteiger partial charge in [0.25, 0.3) is 0 Å². The maximum atomic E-state index is 7.13. The van der Waals surface area contributed by atoms with Crippen molar-refractivity contribution in [1.29, 1.82) is 5.41 Å². The Bertz CT molecular complexity index is 53.8. The van der Waals surface area contributed by atoms with Gasteiger partial charge in [-0.25, -0.2) is 0 Å². The van der Waals surface area contributed by atoms with Crippen LogP contribution in [0.4, 0.5) is 0 Å². The molecule has 0 fully saturated rings. The molecule has 0 spiro atoms. The normalized spacial score (nSPS) is 3.33. The van der Waals surface area contributed by atoms with Gasteiger partial charge in [-0.3, -0.25) is 5.41 Å². The Balaban J connectivity index is 0. The minimum absolute atomic E-state index is 0.750. The molecule has 0 unspecified atom stereocenters. The van der Waals surface area contributed by atoms with E-state index < -0.39 is 0 Å². The summed E-state index contributed by atoms with van der Waals surface area (Å²) in [6.07, 6.45) is 0.750. The lowest BCUT2D eigenvalue weighted by molar-refractivity contribution is 1.52. The summed E-state index contributed by atoms with van der Waals surface area (Å²) in [5.41, 5.74) is 4.39. The van der Waals surface area contributed by atoms with Crippen molar-refractivity contribution in [1.82, 2.24) is 0 Å². The van der Waals surface area contributed by atoms with Crippen molar-refractivity contribution in [2.45, 2.75) is 0 Å². The summed E-state index contributed by atoms with van der Waals surface area (Å²) in [6.45, 7) is 0. The average Bonchev–Trinajstić information content (AvgIpc) is 1.39. The monoisotopic (exact) mass is 102 g/mol. The Kier molecular flexibility index (Phi) is 42.4. The first kappa shape index (κ1) is 8.99. The van der Waals surface area contributed by atoms with Crippen LogP contribution in [0.15, 0.2) is 0 Å². The summed E-state index contributed by atoms with van der Waals surface area (Å²) < 4.78 is 0. The molecule has 0 aliphatic heterocycles. The second-order valence-electron chi connectivity index (χ2n) is 0.258. The van der Waals surface area contributed by atoms with E-state index in [1.165, 1.54) is 5.16 Å². The van der Waals surface area contributed by atoms with Crippen LogP contribution in [0.1, 0.15) is 0 Å². The third kappa shape index (κ3) is 31.6. The van der Waals surface area contributed by atoms with Crippen molar-refractivity contribution in [2.75, 3.05) is 0 Å². The quantitative estimate of drug-likeness (QED) is 0.261. The summed E-state index contributed by atoms with van der Waals surface area (Å²) in [4.78, 5) is 0. The molecule has 4 heteroatoms. The van der Waals surface area contributed by atoms with Gasteiger partial charge in [-0.05, 0) is 0 Å². The number of nitrogens with zero attached hydrogens (tertiary/aromatic N) is 1. The zero-order chi connectivity index (χ0) is 5.41. The van der Waals surface area contributed by atoms with Crippen LogP contribution in [-0.2, 0) is 0 Å². The van der Waals surface area contributed by atoms with Gasteiger partial charge in [-0.2, -0.15) is 5.16 Å². The highest BCUT2D eigenvalue weighted by Gasteiger charge is 1.10. The van der Waals surface area contributed by atoms with Crippen LogP contribution in [-0.4, -0.2) is 11.5 Å². The van der Waals surface area contributed by atoms with E-state index >= 15 is 0 Å². The molecule has 3 N–H and O–H groups in total. The molecular formula is C2H4N3S-. The zero-order valence-corrected chi connectivity index (χ0v) is 3.83. The molecule has 0 amide bonds. The number of rotatable bonds is 0. The van der Waals surface area contributed by atoms with Crippen LogP contribution in [0, 0.1) is 5.41 Å². The van der Waals surface area contributed by atoms with Gasteiger partial charge in [0.1, 0.15) is 0 Å². The van der Waals surface area contributed by atoms with E-state index in [0.29, 0.717) is 0 Å². The van der Waals surface area contributed by atoms with Crippen LogP contribution in [0.3, 0.4) is 0 Å². The standard InChI is InChI=1S/CH4N2.CNS/c2*2-1-3/h1H,(H3,2,3);/q;-1. The van der Waals surface area contributed by atoms with Crippen molar-refractivity contribution >= 4 is 23.7 Å². The van der Waals surface area contributed by atoms with Crippen LogP contribution < -0.4 is 5.73 Å². The zero-order valence-electron chi connectivity index (χ0n) is 3.01. The highest BCUT2D eigenvalue weighted by Crippen LogP contribution is 1.19. The number of thiocarbonyl (C=S) groups is 1. The molecule has 3 nitrogen and oxygen atoms in total. The maximum absolute atomic E-state index is 7.13. The van der Waals surface area contributed by atoms with Crippen molar-refractivity contribution in [3.05, 3.63) is 5.41 Å². The minimum atomic E-state index is 0.750. The van der Waals surface area contributed by atoms with Crippen LogP contribution >= 0.6 is 12.2 Å². The van der Waals surface area contributed by atoms with Crippen molar-refractivity contribution in [3.63, 3.8) is 0 Å². The summed E-state index contributed by atoms with van der Waals surface area (Å²) >= 11 is 3.70. The molecule has 0 aromatic rings. The molecule has 0 radical (unpaired) electrons. The lowest BCUT2D eigenvalue weighted by Crippen LogP contribution is -1.81. The summed E-state index contributed by atoms with van der Waals surface area (Å²) in [6, 6.07) is 0. The SMILES string of the molecule is N=CN.[N-]=C=S. The lowest BCUT2D eigenvalue weighted by Gasteiger charge is -1.38. The number of nitrogens with two attached hydrogens (primary N) is 1. The molecule has 0 aromatic carbocycles. The van der Waals surface area contributed by atoms with E-state index in [9.17, 15) is 0 Å². The van der Waals surface area contributed by atoms with Crippen LogP contribution in [0.25, 0.3) is 5.41 Å². The Morgan fingerprint density at radius 1 is 2.00 bits per heavy atom. The molecule has 0 aliphatic carbocycles. The van der Waals surface area contributed by atoms with Gasteiger partial charge in [-0.1, -0.05) is 12.2 Å². The number of isothiocyanates is 1. The third-order valence-electron chi connectivity index (χ3n) is 0. The van der Waals surface area contributed by atoms with Crippen molar-refractivity contribution < 1.29 is 0 Å². The number of hydrogen-bond donors (Lipinski definition) is 2. The molecule has 0 bridgehead atoms. The Labute approximate surface area is 41.2 Å². The molecule has 0 saturated heterocycles.